The SMILES string of the molecule is CNC[C@H]1CCC2C3CCC4CC(NCCNCCCCNN)CCC4(C)C3CCC21C. The van der Waals surface area contributed by atoms with Gasteiger partial charge in [0.25, 0.3) is 0 Å². The molecule has 5 heteroatoms. The van der Waals surface area contributed by atoms with E-state index in [1.807, 2.05) is 0 Å². The second-order valence-electron chi connectivity index (χ2n) is 12.4. The van der Waals surface area contributed by atoms with E-state index in [1.54, 1.807) is 0 Å². The third kappa shape index (κ3) is 4.93. The van der Waals surface area contributed by atoms with Crippen molar-refractivity contribution in [3.05, 3.63) is 0 Å². The first-order valence-electron chi connectivity index (χ1n) is 14.0. The number of nitrogens with two attached hydrogens (primary N) is 1. The second kappa shape index (κ2) is 11.0. The fraction of sp³-hybridized carbons (Fsp3) is 1.00. The highest BCUT2D eigenvalue weighted by molar-refractivity contribution is 5.09. The highest BCUT2D eigenvalue weighted by atomic mass is 15.2. The summed E-state index contributed by atoms with van der Waals surface area (Å²) in [4.78, 5) is 0. The zero-order valence-electron chi connectivity index (χ0n) is 21.4. The fourth-order valence-corrected chi connectivity index (χ4v) is 9.10. The van der Waals surface area contributed by atoms with Crippen molar-refractivity contribution in [2.45, 2.75) is 90.5 Å². The van der Waals surface area contributed by atoms with Crippen LogP contribution in [0.2, 0.25) is 0 Å². The van der Waals surface area contributed by atoms with Gasteiger partial charge in [0.2, 0.25) is 0 Å². The van der Waals surface area contributed by atoms with Crippen molar-refractivity contribution in [3.8, 4) is 0 Å². The molecule has 5 nitrogen and oxygen atoms in total. The van der Waals surface area contributed by atoms with Crippen LogP contribution in [-0.4, -0.2) is 45.8 Å². The lowest BCUT2D eigenvalue weighted by Gasteiger charge is -2.61. The molecule has 0 heterocycles. The van der Waals surface area contributed by atoms with Crippen LogP contribution in [0.4, 0.5) is 0 Å². The average Bonchev–Trinajstić information content (AvgIpc) is 3.12. The quantitative estimate of drug-likeness (QED) is 0.190. The summed E-state index contributed by atoms with van der Waals surface area (Å²) in [6.07, 6.45) is 15.6. The van der Waals surface area contributed by atoms with E-state index < -0.39 is 0 Å². The van der Waals surface area contributed by atoms with E-state index in [2.05, 4.69) is 42.3 Å². The monoisotopic (exact) mass is 447 g/mol. The van der Waals surface area contributed by atoms with Crippen molar-refractivity contribution in [1.29, 1.82) is 0 Å². The van der Waals surface area contributed by atoms with Gasteiger partial charge in [-0.15, -0.1) is 0 Å². The normalized spacial score (nSPS) is 43.5. The van der Waals surface area contributed by atoms with Crippen LogP contribution in [-0.2, 0) is 0 Å². The molecule has 0 bridgehead atoms. The van der Waals surface area contributed by atoms with Gasteiger partial charge in [-0.2, -0.15) is 0 Å². The summed E-state index contributed by atoms with van der Waals surface area (Å²) < 4.78 is 0. The molecule has 0 saturated heterocycles. The molecule has 0 aliphatic heterocycles. The largest absolute Gasteiger partial charge is 0.319 e. The van der Waals surface area contributed by atoms with Gasteiger partial charge in [-0.25, -0.2) is 0 Å². The number of hydrazine groups is 1. The van der Waals surface area contributed by atoms with E-state index in [4.69, 9.17) is 5.84 Å². The van der Waals surface area contributed by atoms with E-state index in [-0.39, 0.29) is 0 Å². The predicted molar refractivity (Wildman–Crippen MR) is 135 cm³/mol. The maximum atomic E-state index is 5.33. The zero-order chi connectivity index (χ0) is 22.6. The number of nitrogens with one attached hydrogen (secondary N) is 4. The molecule has 0 aromatic heterocycles. The Hall–Kier alpha value is -0.200. The van der Waals surface area contributed by atoms with Gasteiger partial charge in [-0.3, -0.25) is 11.3 Å². The minimum Gasteiger partial charge on any atom is -0.319 e. The Bertz CT molecular complexity index is 584. The summed E-state index contributed by atoms with van der Waals surface area (Å²) in [6, 6.07) is 0.744. The summed E-state index contributed by atoms with van der Waals surface area (Å²) in [5.74, 6) is 10.2. The van der Waals surface area contributed by atoms with Gasteiger partial charge in [-0.1, -0.05) is 13.8 Å². The lowest BCUT2D eigenvalue weighted by atomic mass is 9.44. The van der Waals surface area contributed by atoms with E-state index >= 15 is 0 Å². The Balaban J connectivity index is 1.25. The molecule has 0 spiro atoms. The number of unbranched alkanes of at least 4 members (excludes halogenated alkanes) is 1. The number of rotatable bonds is 11. The second-order valence-corrected chi connectivity index (χ2v) is 12.4. The van der Waals surface area contributed by atoms with Gasteiger partial charge < -0.3 is 16.0 Å². The topological polar surface area (TPSA) is 74.1 Å². The number of hydrogen-bond donors (Lipinski definition) is 5. The van der Waals surface area contributed by atoms with Gasteiger partial charge in [0.05, 0.1) is 0 Å². The van der Waals surface area contributed by atoms with E-state index in [0.717, 1.165) is 68.2 Å². The Morgan fingerprint density at radius 3 is 2.41 bits per heavy atom. The van der Waals surface area contributed by atoms with Crippen molar-refractivity contribution in [2.24, 2.45) is 46.3 Å². The molecule has 4 aliphatic carbocycles. The molecule has 0 amide bonds. The minimum absolute atomic E-state index is 0.610. The van der Waals surface area contributed by atoms with E-state index in [0.29, 0.717) is 10.8 Å². The van der Waals surface area contributed by atoms with Crippen LogP contribution in [0.15, 0.2) is 0 Å². The standard InChI is InChI=1S/C27H53N5/c1-26-12-10-22(31-17-16-30-14-4-5-15-32-28)18-20(26)6-8-23-24-9-7-21(19-29-3)27(24,2)13-11-25(23)26/h20-25,29-32H,4-19,28H2,1-3H3/t20?,21-,22?,23?,24?,25?,26?,27?/m1/s1. The van der Waals surface area contributed by atoms with Crippen molar-refractivity contribution < 1.29 is 0 Å². The first kappa shape index (κ1) is 24.9. The molecule has 8 atom stereocenters. The lowest BCUT2D eigenvalue weighted by molar-refractivity contribution is -0.114. The van der Waals surface area contributed by atoms with E-state index in [9.17, 15) is 0 Å². The van der Waals surface area contributed by atoms with Crippen molar-refractivity contribution >= 4 is 0 Å². The average molecular weight is 448 g/mol. The predicted octanol–water partition coefficient (Wildman–Crippen LogP) is 3.66. The zero-order valence-corrected chi connectivity index (χ0v) is 21.4. The first-order valence-corrected chi connectivity index (χ1v) is 14.0. The first-order chi connectivity index (χ1) is 15.5. The van der Waals surface area contributed by atoms with Crippen LogP contribution < -0.4 is 27.2 Å². The van der Waals surface area contributed by atoms with Gasteiger partial charge in [0, 0.05) is 25.7 Å². The smallest absolute Gasteiger partial charge is 0.00978 e. The third-order valence-electron chi connectivity index (χ3n) is 11.0. The molecule has 0 aromatic carbocycles. The summed E-state index contributed by atoms with van der Waals surface area (Å²) in [6.45, 7) is 10.8. The highest BCUT2D eigenvalue weighted by Crippen LogP contribution is 2.67. The van der Waals surface area contributed by atoms with E-state index in [1.165, 1.54) is 70.8 Å². The summed E-state index contributed by atoms with van der Waals surface area (Å²) in [5.41, 5.74) is 3.95. The molecule has 0 radical (unpaired) electrons. The molecular weight excluding hydrogens is 394 g/mol. The van der Waals surface area contributed by atoms with Crippen LogP contribution in [0.25, 0.3) is 0 Å². The van der Waals surface area contributed by atoms with Crippen molar-refractivity contribution in [2.75, 3.05) is 39.8 Å². The molecule has 4 saturated carbocycles. The molecule has 186 valence electrons. The van der Waals surface area contributed by atoms with Crippen LogP contribution in [0.5, 0.6) is 0 Å². The van der Waals surface area contributed by atoms with Gasteiger partial charge in [0.15, 0.2) is 0 Å². The summed E-state index contributed by atoms with van der Waals surface area (Å²) in [7, 11) is 2.15. The molecule has 4 aliphatic rings. The molecule has 6 N–H and O–H groups in total. The fourth-order valence-electron chi connectivity index (χ4n) is 9.10. The Labute approximate surface area is 198 Å². The third-order valence-corrected chi connectivity index (χ3v) is 11.0. The van der Waals surface area contributed by atoms with Crippen LogP contribution >= 0.6 is 0 Å². The molecule has 0 aromatic rings. The Kier molecular flexibility index (Phi) is 8.59. The molecule has 4 rings (SSSR count). The van der Waals surface area contributed by atoms with Crippen LogP contribution in [0.3, 0.4) is 0 Å². The molecular formula is C27H53N5. The molecule has 4 fully saturated rings. The Morgan fingerprint density at radius 2 is 1.59 bits per heavy atom. The van der Waals surface area contributed by atoms with Crippen molar-refractivity contribution in [1.82, 2.24) is 21.4 Å². The molecule has 7 unspecified atom stereocenters. The van der Waals surface area contributed by atoms with Gasteiger partial charge in [0.1, 0.15) is 0 Å². The van der Waals surface area contributed by atoms with Crippen LogP contribution in [0.1, 0.15) is 84.5 Å². The lowest BCUT2D eigenvalue weighted by Crippen LogP contribution is -2.55. The summed E-state index contributed by atoms with van der Waals surface area (Å²) >= 11 is 0. The van der Waals surface area contributed by atoms with Gasteiger partial charge >= 0.3 is 0 Å². The maximum Gasteiger partial charge on any atom is 0.00978 e. The highest BCUT2D eigenvalue weighted by Gasteiger charge is 2.59. The summed E-state index contributed by atoms with van der Waals surface area (Å²) in [5, 5.41) is 11.0. The van der Waals surface area contributed by atoms with Crippen LogP contribution in [0, 0.1) is 40.4 Å². The number of fused-ring (bicyclic) bond motifs is 5. The minimum atomic E-state index is 0.610. The number of hydrogen-bond acceptors (Lipinski definition) is 5. The Morgan fingerprint density at radius 1 is 0.812 bits per heavy atom. The van der Waals surface area contributed by atoms with Crippen molar-refractivity contribution in [3.63, 3.8) is 0 Å². The van der Waals surface area contributed by atoms with Gasteiger partial charge in [-0.05, 0) is 131 Å². The maximum absolute atomic E-state index is 5.33. The molecule has 32 heavy (non-hydrogen) atoms.